The fourth-order valence-corrected chi connectivity index (χ4v) is 3.03. The number of ether oxygens (including phenoxy) is 1. The third kappa shape index (κ3) is 3.14. The Kier molecular flexibility index (Phi) is 4.81. The fourth-order valence-electron chi connectivity index (χ4n) is 1.54. The molecule has 0 amide bonds. The topological polar surface area (TPSA) is 9.23 Å². The van der Waals surface area contributed by atoms with Crippen molar-refractivity contribution in [1.82, 2.24) is 0 Å². The number of hydrogen-bond donors (Lipinski definition) is 0. The molecule has 0 atom stereocenters. The Morgan fingerprint density at radius 2 is 1.94 bits per heavy atom. The van der Waals surface area contributed by atoms with Gasteiger partial charge in [-0.05, 0) is 29.8 Å². The maximum atomic E-state index is 6.00. The van der Waals surface area contributed by atoms with Crippen LogP contribution in [0, 0.1) is 0 Å². The van der Waals surface area contributed by atoms with Crippen LogP contribution in [0.5, 0.6) is 5.75 Å². The number of methoxy groups -OCH3 is 1. The first kappa shape index (κ1) is 13.6. The van der Waals surface area contributed by atoms with Crippen LogP contribution in [-0.2, 0) is 5.88 Å². The molecule has 0 unspecified atom stereocenters. The van der Waals surface area contributed by atoms with Crippen LogP contribution in [0.4, 0.5) is 0 Å². The van der Waals surface area contributed by atoms with Crippen molar-refractivity contribution in [3.63, 3.8) is 0 Å². The molecule has 4 heteroatoms. The zero-order valence-corrected chi connectivity index (χ0v) is 12.1. The summed E-state index contributed by atoms with van der Waals surface area (Å²) in [6, 6.07) is 13.8. The molecule has 2 aromatic carbocycles. The van der Waals surface area contributed by atoms with Crippen LogP contribution in [0.2, 0.25) is 5.02 Å². The lowest BCUT2D eigenvalue weighted by molar-refractivity contribution is 0.414. The third-order valence-electron chi connectivity index (χ3n) is 2.47. The number of benzene rings is 2. The Hall–Kier alpha value is -0.830. The summed E-state index contributed by atoms with van der Waals surface area (Å²) in [6.07, 6.45) is 0. The van der Waals surface area contributed by atoms with Crippen LogP contribution in [0.3, 0.4) is 0 Å². The maximum absolute atomic E-state index is 6.00. The number of rotatable bonds is 4. The fraction of sp³-hybridized carbons (Fsp3) is 0.143. The van der Waals surface area contributed by atoms with Gasteiger partial charge >= 0.3 is 0 Å². The van der Waals surface area contributed by atoms with E-state index in [4.69, 9.17) is 27.9 Å². The molecule has 0 heterocycles. The Balaban J connectivity index is 2.28. The average molecular weight is 299 g/mol. The molecule has 0 aliphatic carbocycles. The molecule has 2 aromatic rings. The smallest absolute Gasteiger partial charge is 0.138 e. The van der Waals surface area contributed by atoms with Gasteiger partial charge in [-0.1, -0.05) is 41.6 Å². The van der Waals surface area contributed by atoms with E-state index >= 15 is 0 Å². The van der Waals surface area contributed by atoms with Gasteiger partial charge < -0.3 is 4.74 Å². The van der Waals surface area contributed by atoms with Crippen molar-refractivity contribution in [2.45, 2.75) is 15.7 Å². The molecule has 0 radical (unpaired) electrons. The molecule has 0 N–H and O–H groups in total. The van der Waals surface area contributed by atoms with E-state index < -0.39 is 0 Å². The first-order valence-corrected chi connectivity index (χ1v) is 7.12. The molecule has 0 saturated heterocycles. The molecule has 0 spiro atoms. The van der Waals surface area contributed by atoms with Gasteiger partial charge in [-0.15, -0.1) is 11.6 Å². The molecule has 0 aromatic heterocycles. The summed E-state index contributed by atoms with van der Waals surface area (Å²) in [5.41, 5.74) is 1.12. The van der Waals surface area contributed by atoms with E-state index in [0.717, 1.165) is 15.4 Å². The quantitative estimate of drug-likeness (QED) is 0.714. The number of hydrogen-bond acceptors (Lipinski definition) is 2. The molecule has 0 saturated carbocycles. The van der Waals surface area contributed by atoms with Gasteiger partial charge in [0.1, 0.15) is 5.75 Å². The maximum Gasteiger partial charge on any atom is 0.138 e. The van der Waals surface area contributed by atoms with E-state index in [0.29, 0.717) is 16.7 Å². The van der Waals surface area contributed by atoms with Gasteiger partial charge in [0, 0.05) is 15.7 Å². The van der Waals surface area contributed by atoms with Gasteiger partial charge in [0.15, 0.2) is 0 Å². The second-order valence-electron chi connectivity index (χ2n) is 3.64. The Morgan fingerprint density at radius 3 is 2.67 bits per heavy atom. The Bertz CT molecular complexity index is 543. The van der Waals surface area contributed by atoms with Gasteiger partial charge in [-0.3, -0.25) is 0 Å². The second-order valence-corrected chi connectivity index (χ2v) is 5.43. The molecule has 0 bridgehead atoms. The highest BCUT2D eigenvalue weighted by Gasteiger charge is 2.06. The molecular weight excluding hydrogens is 287 g/mol. The first-order chi connectivity index (χ1) is 8.74. The van der Waals surface area contributed by atoms with Crippen molar-refractivity contribution >= 4 is 35.0 Å². The predicted molar refractivity (Wildman–Crippen MR) is 78.1 cm³/mol. The molecule has 2 rings (SSSR count). The van der Waals surface area contributed by atoms with E-state index in [1.807, 2.05) is 36.4 Å². The minimum atomic E-state index is 0.508. The first-order valence-electron chi connectivity index (χ1n) is 5.40. The number of alkyl halides is 1. The zero-order valence-electron chi connectivity index (χ0n) is 9.82. The molecule has 0 fully saturated rings. The Labute approximate surface area is 121 Å². The van der Waals surface area contributed by atoms with Crippen molar-refractivity contribution < 1.29 is 4.74 Å². The lowest BCUT2D eigenvalue weighted by atomic mass is 10.2. The highest BCUT2D eigenvalue weighted by molar-refractivity contribution is 7.99. The molecule has 18 heavy (non-hydrogen) atoms. The minimum absolute atomic E-state index is 0.508. The van der Waals surface area contributed by atoms with Crippen molar-refractivity contribution in [3.8, 4) is 5.75 Å². The van der Waals surface area contributed by atoms with E-state index in [2.05, 4.69) is 6.07 Å². The average Bonchev–Trinajstić information content (AvgIpc) is 2.41. The van der Waals surface area contributed by atoms with Crippen LogP contribution in [0.25, 0.3) is 0 Å². The van der Waals surface area contributed by atoms with Crippen molar-refractivity contribution in [1.29, 1.82) is 0 Å². The second kappa shape index (κ2) is 6.37. The minimum Gasteiger partial charge on any atom is -0.495 e. The van der Waals surface area contributed by atoms with Gasteiger partial charge in [0.25, 0.3) is 0 Å². The molecular formula is C14H12Cl2OS. The highest BCUT2D eigenvalue weighted by atomic mass is 35.5. The van der Waals surface area contributed by atoms with Crippen LogP contribution in [0.1, 0.15) is 5.56 Å². The van der Waals surface area contributed by atoms with Crippen molar-refractivity contribution in [2.75, 3.05) is 7.11 Å². The molecule has 94 valence electrons. The molecule has 1 nitrogen and oxygen atoms in total. The standard InChI is InChI=1S/C14H12Cl2OS/c1-17-13-8-11(6-7-12(13)16)18-14-5-3-2-4-10(14)9-15/h2-8H,9H2,1H3. The summed E-state index contributed by atoms with van der Waals surface area (Å²) in [7, 11) is 1.61. The van der Waals surface area contributed by atoms with Crippen LogP contribution >= 0.6 is 35.0 Å². The summed E-state index contributed by atoms with van der Waals surface area (Å²) in [5.74, 6) is 1.19. The van der Waals surface area contributed by atoms with Gasteiger partial charge in [0.05, 0.1) is 12.1 Å². The van der Waals surface area contributed by atoms with Crippen molar-refractivity contribution in [3.05, 3.63) is 53.1 Å². The van der Waals surface area contributed by atoms with E-state index in [1.54, 1.807) is 18.9 Å². The van der Waals surface area contributed by atoms with Crippen LogP contribution < -0.4 is 4.74 Å². The van der Waals surface area contributed by atoms with Gasteiger partial charge in [0.2, 0.25) is 0 Å². The summed E-state index contributed by atoms with van der Waals surface area (Å²) in [6.45, 7) is 0. The van der Waals surface area contributed by atoms with Crippen LogP contribution in [-0.4, -0.2) is 7.11 Å². The normalized spacial score (nSPS) is 10.4. The summed E-state index contributed by atoms with van der Waals surface area (Å²) in [4.78, 5) is 2.23. The van der Waals surface area contributed by atoms with E-state index in [9.17, 15) is 0 Å². The predicted octanol–water partition coefficient (Wildman–Crippen LogP) is 5.24. The lowest BCUT2D eigenvalue weighted by Crippen LogP contribution is -1.86. The largest absolute Gasteiger partial charge is 0.495 e. The number of halogens is 2. The summed E-state index contributed by atoms with van der Waals surface area (Å²) < 4.78 is 5.21. The monoisotopic (exact) mass is 298 g/mol. The van der Waals surface area contributed by atoms with Crippen LogP contribution in [0.15, 0.2) is 52.3 Å². The van der Waals surface area contributed by atoms with Crippen molar-refractivity contribution in [2.24, 2.45) is 0 Å². The van der Waals surface area contributed by atoms with E-state index in [-0.39, 0.29) is 0 Å². The lowest BCUT2D eigenvalue weighted by Gasteiger charge is -2.08. The van der Waals surface area contributed by atoms with Gasteiger partial charge in [-0.25, -0.2) is 0 Å². The Morgan fingerprint density at radius 1 is 1.17 bits per heavy atom. The molecule has 0 aliphatic rings. The summed E-state index contributed by atoms with van der Waals surface area (Å²) >= 11 is 13.6. The SMILES string of the molecule is COc1cc(Sc2ccccc2CCl)ccc1Cl. The highest BCUT2D eigenvalue weighted by Crippen LogP contribution is 2.35. The van der Waals surface area contributed by atoms with Gasteiger partial charge in [-0.2, -0.15) is 0 Å². The third-order valence-corrected chi connectivity index (χ3v) is 4.17. The summed E-state index contributed by atoms with van der Waals surface area (Å²) in [5, 5.41) is 0.618. The van der Waals surface area contributed by atoms with E-state index in [1.165, 1.54) is 0 Å². The molecule has 0 aliphatic heterocycles. The zero-order chi connectivity index (χ0) is 13.0.